The van der Waals surface area contributed by atoms with Gasteiger partial charge in [-0.05, 0) is 22.6 Å². The van der Waals surface area contributed by atoms with Crippen molar-refractivity contribution in [2.75, 3.05) is 0 Å². The van der Waals surface area contributed by atoms with Gasteiger partial charge in [0.2, 0.25) is 5.16 Å². The van der Waals surface area contributed by atoms with Gasteiger partial charge in [-0.15, -0.1) is 5.10 Å². The van der Waals surface area contributed by atoms with Gasteiger partial charge in [-0.25, -0.2) is 4.68 Å². The van der Waals surface area contributed by atoms with Crippen molar-refractivity contribution < 1.29 is 9.90 Å². The number of carboxylic acids is 1. The fraction of sp³-hybridized carbons (Fsp3) is 0.154. The van der Waals surface area contributed by atoms with Crippen LogP contribution in [0.1, 0.15) is 5.69 Å². The van der Waals surface area contributed by atoms with Crippen molar-refractivity contribution in [3.8, 4) is 0 Å². The van der Waals surface area contributed by atoms with E-state index < -0.39 is 5.97 Å². The number of nitrogens with zero attached hydrogens (tertiary/aromatic N) is 5. The number of aliphatic carboxylic acids is 1. The van der Waals surface area contributed by atoms with Crippen LogP contribution in [0.5, 0.6) is 0 Å². The second-order valence-corrected chi connectivity index (χ2v) is 5.24. The number of pyridine rings is 1. The summed E-state index contributed by atoms with van der Waals surface area (Å²) < 4.78 is 1.26. The zero-order valence-electron chi connectivity index (χ0n) is 10.9. The smallest absolute Gasteiger partial charge is 0.325 e. The number of aromatic nitrogens is 5. The maximum absolute atomic E-state index is 10.7. The summed E-state index contributed by atoms with van der Waals surface area (Å²) >= 11 is 1.36. The van der Waals surface area contributed by atoms with Gasteiger partial charge in [-0.2, -0.15) is 0 Å². The van der Waals surface area contributed by atoms with Crippen LogP contribution in [-0.2, 0) is 17.1 Å². The first kappa shape index (κ1) is 13.5. The van der Waals surface area contributed by atoms with Gasteiger partial charge in [0.25, 0.3) is 0 Å². The van der Waals surface area contributed by atoms with Gasteiger partial charge in [-0.3, -0.25) is 9.78 Å². The Bertz CT molecular complexity index is 789. The van der Waals surface area contributed by atoms with Crippen LogP contribution in [0.25, 0.3) is 10.9 Å². The molecule has 0 fully saturated rings. The Labute approximate surface area is 124 Å². The summed E-state index contributed by atoms with van der Waals surface area (Å²) in [6, 6.07) is 11.8. The summed E-state index contributed by atoms with van der Waals surface area (Å²) in [5.41, 5.74) is 1.82. The number of benzene rings is 1. The van der Waals surface area contributed by atoms with E-state index >= 15 is 0 Å². The third-order valence-electron chi connectivity index (χ3n) is 2.79. The summed E-state index contributed by atoms with van der Waals surface area (Å²) in [5, 5.41) is 21.3. The highest BCUT2D eigenvalue weighted by atomic mass is 32.2. The molecule has 2 heterocycles. The van der Waals surface area contributed by atoms with Crippen molar-refractivity contribution in [1.29, 1.82) is 0 Å². The van der Waals surface area contributed by atoms with E-state index in [0.717, 1.165) is 16.6 Å². The van der Waals surface area contributed by atoms with Gasteiger partial charge < -0.3 is 5.11 Å². The lowest BCUT2D eigenvalue weighted by molar-refractivity contribution is -0.138. The van der Waals surface area contributed by atoms with Crippen LogP contribution < -0.4 is 0 Å². The molecule has 3 rings (SSSR count). The predicted octanol–water partition coefficient (Wildman–Crippen LogP) is 1.60. The Morgan fingerprint density at radius 1 is 1.24 bits per heavy atom. The first-order valence-electron chi connectivity index (χ1n) is 6.18. The minimum atomic E-state index is -0.979. The highest BCUT2D eigenvalue weighted by Gasteiger charge is 2.10. The number of carboxylic acid groups (broad SMARTS) is 1. The minimum Gasteiger partial charge on any atom is -0.480 e. The van der Waals surface area contributed by atoms with Crippen LogP contribution >= 0.6 is 11.8 Å². The van der Waals surface area contributed by atoms with Crippen LogP contribution in [0.3, 0.4) is 0 Å². The number of rotatable bonds is 5. The van der Waals surface area contributed by atoms with Gasteiger partial charge >= 0.3 is 5.97 Å². The molecule has 1 aromatic carbocycles. The summed E-state index contributed by atoms with van der Waals surface area (Å²) in [6.07, 6.45) is 0. The Hall–Kier alpha value is -2.48. The molecule has 8 heteroatoms. The number of hydrogen-bond acceptors (Lipinski definition) is 6. The normalized spacial score (nSPS) is 10.9. The molecule has 0 amide bonds. The first-order valence-corrected chi connectivity index (χ1v) is 7.16. The zero-order chi connectivity index (χ0) is 14.7. The molecule has 1 N–H and O–H groups in total. The van der Waals surface area contributed by atoms with E-state index in [-0.39, 0.29) is 6.54 Å². The van der Waals surface area contributed by atoms with E-state index in [4.69, 9.17) is 5.11 Å². The number of hydrogen-bond donors (Lipinski definition) is 1. The molecule has 0 spiro atoms. The molecule has 0 unspecified atom stereocenters. The average molecular weight is 301 g/mol. The van der Waals surface area contributed by atoms with E-state index in [0.29, 0.717) is 10.9 Å². The second-order valence-electron chi connectivity index (χ2n) is 4.30. The monoisotopic (exact) mass is 301 g/mol. The summed E-state index contributed by atoms with van der Waals surface area (Å²) in [5.74, 6) is -0.404. The number of carbonyl (C=O) groups is 1. The third kappa shape index (κ3) is 3.16. The average Bonchev–Trinajstić information content (AvgIpc) is 2.91. The van der Waals surface area contributed by atoms with Crippen molar-refractivity contribution >= 4 is 28.6 Å². The third-order valence-corrected chi connectivity index (χ3v) is 3.78. The molecule has 0 aliphatic rings. The SMILES string of the molecule is O=C(O)Cn1nnnc1SCc1ccc2ccccc2n1. The Morgan fingerprint density at radius 2 is 2.10 bits per heavy atom. The lowest BCUT2D eigenvalue weighted by Crippen LogP contribution is -2.11. The van der Waals surface area contributed by atoms with Gasteiger partial charge in [0, 0.05) is 11.1 Å². The van der Waals surface area contributed by atoms with E-state index in [2.05, 4.69) is 20.5 Å². The highest BCUT2D eigenvalue weighted by Crippen LogP contribution is 2.20. The quantitative estimate of drug-likeness (QED) is 0.715. The largest absolute Gasteiger partial charge is 0.480 e. The summed E-state index contributed by atoms with van der Waals surface area (Å²) in [4.78, 5) is 15.3. The van der Waals surface area contributed by atoms with Crippen molar-refractivity contribution in [3.05, 3.63) is 42.1 Å². The molecule has 0 saturated carbocycles. The summed E-state index contributed by atoms with van der Waals surface area (Å²) in [6.45, 7) is -0.250. The molecular formula is C13H11N5O2S. The molecule has 7 nitrogen and oxygen atoms in total. The van der Waals surface area contributed by atoms with Crippen LogP contribution in [0, 0.1) is 0 Å². The number of thioether (sulfide) groups is 1. The maximum atomic E-state index is 10.7. The Balaban J connectivity index is 1.74. The van der Waals surface area contributed by atoms with Crippen molar-refractivity contribution in [3.63, 3.8) is 0 Å². The van der Waals surface area contributed by atoms with Crippen LogP contribution in [-0.4, -0.2) is 36.3 Å². The second kappa shape index (κ2) is 5.88. The number of para-hydroxylation sites is 1. The van der Waals surface area contributed by atoms with Crippen LogP contribution in [0.4, 0.5) is 0 Å². The molecule has 0 radical (unpaired) electrons. The van der Waals surface area contributed by atoms with Gasteiger partial charge in [0.1, 0.15) is 6.54 Å². The van der Waals surface area contributed by atoms with Crippen molar-refractivity contribution in [2.24, 2.45) is 0 Å². The standard InChI is InChI=1S/C13H11N5O2S/c19-12(20)7-18-13(15-16-17-18)21-8-10-6-5-9-3-1-2-4-11(9)14-10/h1-6H,7-8H2,(H,19,20). The molecule has 106 valence electrons. The van der Waals surface area contributed by atoms with Gasteiger partial charge in [0.15, 0.2) is 0 Å². The van der Waals surface area contributed by atoms with E-state index in [9.17, 15) is 4.79 Å². The minimum absolute atomic E-state index is 0.250. The van der Waals surface area contributed by atoms with Crippen molar-refractivity contribution in [1.82, 2.24) is 25.2 Å². The zero-order valence-corrected chi connectivity index (χ0v) is 11.7. The van der Waals surface area contributed by atoms with Crippen LogP contribution in [0.2, 0.25) is 0 Å². The van der Waals surface area contributed by atoms with Gasteiger partial charge in [0.05, 0.1) is 11.2 Å². The molecule has 0 atom stereocenters. The molecule has 0 saturated heterocycles. The highest BCUT2D eigenvalue weighted by molar-refractivity contribution is 7.98. The molecule has 3 aromatic rings. The molecule has 0 bridgehead atoms. The Kier molecular flexibility index (Phi) is 3.78. The summed E-state index contributed by atoms with van der Waals surface area (Å²) in [7, 11) is 0. The molecule has 0 aliphatic carbocycles. The fourth-order valence-electron chi connectivity index (χ4n) is 1.85. The van der Waals surface area contributed by atoms with E-state index in [1.807, 2.05) is 36.4 Å². The molecule has 2 aromatic heterocycles. The molecule has 0 aliphatic heterocycles. The van der Waals surface area contributed by atoms with Gasteiger partial charge in [-0.1, -0.05) is 36.0 Å². The van der Waals surface area contributed by atoms with E-state index in [1.165, 1.54) is 16.4 Å². The van der Waals surface area contributed by atoms with E-state index in [1.54, 1.807) is 0 Å². The van der Waals surface area contributed by atoms with Crippen molar-refractivity contribution in [2.45, 2.75) is 17.5 Å². The van der Waals surface area contributed by atoms with Crippen LogP contribution in [0.15, 0.2) is 41.6 Å². The predicted molar refractivity (Wildman–Crippen MR) is 76.8 cm³/mol. The Morgan fingerprint density at radius 3 is 2.95 bits per heavy atom. The maximum Gasteiger partial charge on any atom is 0.325 e. The lowest BCUT2D eigenvalue weighted by atomic mass is 10.2. The first-order chi connectivity index (χ1) is 10.2. The molecule has 21 heavy (non-hydrogen) atoms. The number of fused-ring (bicyclic) bond motifs is 1. The fourth-order valence-corrected chi connectivity index (χ4v) is 2.64. The number of tetrazole rings is 1. The topological polar surface area (TPSA) is 93.8 Å². The lowest BCUT2D eigenvalue weighted by Gasteiger charge is -2.03. The molecular weight excluding hydrogens is 290 g/mol.